The summed E-state index contributed by atoms with van der Waals surface area (Å²) in [7, 11) is 0. The number of hydrogen-bond acceptors (Lipinski definition) is 6. The quantitative estimate of drug-likeness (QED) is 0.325. The van der Waals surface area contributed by atoms with E-state index in [-0.39, 0.29) is 12.0 Å². The number of nitrogens with two attached hydrogens (primary N) is 1. The fraction of sp³-hybridized carbons (Fsp3) is 0.348. The summed E-state index contributed by atoms with van der Waals surface area (Å²) in [4.78, 5) is 36.1. The molecule has 31 heavy (non-hydrogen) atoms. The molecule has 0 amide bonds. The SMILES string of the molecule is CC(=O)O.CCN(CC)C(C)OC(=O)C(N)c1cccc(C(=O)c2ccc(Br)cc2)c1. The molecule has 0 fully saturated rings. The van der Waals surface area contributed by atoms with Crippen molar-refractivity contribution in [3.63, 3.8) is 0 Å². The third-order valence-electron chi connectivity index (χ3n) is 4.48. The van der Waals surface area contributed by atoms with Crippen LogP contribution in [0.3, 0.4) is 0 Å². The molecule has 0 bridgehead atoms. The standard InChI is InChI=1S/C21H25BrN2O3.C2H4O2/c1-4-24(5-2)14(3)27-21(26)19(23)16-7-6-8-17(13-16)20(25)15-9-11-18(22)12-10-15;1-2(3)4/h6-14,19H,4-5,23H2,1-3H3;1H3,(H,3,4). The van der Waals surface area contributed by atoms with E-state index in [2.05, 4.69) is 15.9 Å². The molecule has 0 spiro atoms. The first-order valence-electron chi connectivity index (χ1n) is 9.90. The number of halogens is 1. The van der Waals surface area contributed by atoms with Gasteiger partial charge in [-0.15, -0.1) is 0 Å². The number of carboxylic acid groups (broad SMARTS) is 1. The molecule has 0 radical (unpaired) electrons. The maximum atomic E-state index is 12.7. The normalized spacial score (nSPS) is 12.4. The van der Waals surface area contributed by atoms with Crippen molar-refractivity contribution in [2.45, 2.75) is 40.0 Å². The molecule has 0 heterocycles. The first-order chi connectivity index (χ1) is 14.6. The maximum absolute atomic E-state index is 12.7. The summed E-state index contributed by atoms with van der Waals surface area (Å²) in [5.74, 6) is -1.47. The van der Waals surface area contributed by atoms with Crippen LogP contribution in [0.2, 0.25) is 0 Å². The third kappa shape index (κ3) is 8.61. The summed E-state index contributed by atoms with van der Waals surface area (Å²) in [6, 6.07) is 13.0. The van der Waals surface area contributed by atoms with Crippen LogP contribution in [0.4, 0.5) is 0 Å². The molecule has 0 aromatic heterocycles. The van der Waals surface area contributed by atoms with Crippen LogP contribution in [0.1, 0.15) is 55.2 Å². The molecule has 168 valence electrons. The molecule has 0 aliphatic rings. The lowest BCUT2D eigenvalue weighted by Gasteiger charge is -2.27. The predicted molar refractivity (Wildman–Crippen MR) is 123 cm³/mol. The Morgan fingerprint density at radius 1 is 1.06 bits per heavy atom. The van der Waals surface area contributed by atoms with E-state index < -0.39 is 18.0 Å². The van der Waals surface area contributed by atoms with Crippen molar-refractivity contribution in [3.05, 3.63) is 69.7 Å². The second-order valence-electron chi connectivity index (χ2n) is 6.72. The molecular weight excluding hydrogens is 464 g/mol. The van der Waals surface area contributed by atoms with E-state index in [9.17, 15) is 9.59 Å². The largest absolute Gasteiger partial charge is 0.481 e. The van der Waals surface area contributed by atoms with E-state index >= 15 is 0 Å². The van der Waals surface area contributed by atoms with Gasteiger partial charge in [-0.05, 0) is 55.9 Å². The maximum Gasteiger partial charge on any atom is 0.329 e. The first-order valence-corrected chi connectivity index (χ1v) is 10.7. The van der Waals surface area contributed by atoms with Gasteiger partial charge in [0.15, 0.2) is 12.0 Å². The number of nitrogens with zero attached hydrogens (tertiary/aromatic N) is 1. The summed E-state index contributed by atoms with van der Waals surface area (Å²) in [6.07, 6.45) is -0.355. The lowest BCUT2D eigenvalue weighted by molar-refractivity contribution is -0.159. The highest BCUT2D eigenvalue weighted by atomic mass is 79.9. The van der Waals surface area contributed by atoms with E-state index in [0.29, 0.717) is 16.7 Å². The Balaban J connectivity index is 0.00000110. The van der Waals surface area contributed by atoms with Gasteiger partial charge in [0.2, 0.25) is 0 Å². The summed E-state index contributed by atoms with van der Waals surface area (Å²) in [5.41, 5.74) is 7.69. The highest BCUT2D eigenvalue weighted by Crippen LogP contribution is 2.19. The first kappa shape index (κ1) is 26.5. The number of benzene rings is 2. The van der Waals surface area contributed by atoms with Crippen molar-refractivity contribution < 1.29 is 24.2 Å². The second kappa shape index (κ2) is 13.0. The van der Waals surface area contributed by atoms with Gasteiger partial charge in [-0.2, -0.15) is 0 Å². The van der Waals surface area contributed by atoms with E-state index in [1.54, 1.807) is 36.4 Å². The number of hydrogen-bond donors (Lipinski definition) is 2. The van der Waals surface area contributed by atoms with Crippen molar-refractivity contribution in [1.82, 2.24) is 4.90 Å². The van der Waals surface area contributed by atoms with Gasteiger partial charge in [0.25, 0.3) is 5.97 Å². The average Bonchev–Trinajstić information content (AvgIpc) is 2.73. The molecule has 2 atom stereocenters. The van der Waals surface area contributed by atoms with Gasteiger partial charge in [-0.25, -0.2) is 4.79 Å². The van der Waals surface area contributed by atoms with Gasteiger partial charge >= 0.3 is 5.97 Å². The summed E-state index contributed by atoms with van der Waals surface area (Å²) in [5, 5.41) is 7.42. The number of esters is 1. The summed E-state index contributed by atoms with van der Waals surface area (Å²) >= 11 is 3.35. The average molecular weight is 493 g/mol. The van der Waals surface area contributed by atoms with Crippen LogP contribution in [0, 0.1) is 0 Å². The zero-order chi connectivity index (χ0) is 23.6. The van der Waals surface area contributed by atoms with E-state index in [4.69, 9.17) is 20.4 Å². The van der Waals surface area contributed by atoms with Gasteiger partial charge in [0, 0.05) is 22.5 Å². The highest BCUT2D eigenvalue weighted by Gasteiger charge is 2.23. The number of ketones is 1. The van der Waals surface area contributed by atoms with E-state index in [1.165, 1.54) is 0 Å². The van der Waals surface area contributed by atoms with E-state index in [1.807, 2.05) is 37.8 Å². The van der Waals surface area contributed by atoms with Crippen molar-refractivity contribution in [2.75, 3.05) is 13.1 Å². The van der Waals surface area contributed by atoms with Crippen LogP contribution < -0.4 is 5.73 Å². The Labute approximate surface area is 191 Å². The zero-order valence-electron chi connectivity index (χ0n) is 18.2. The van der Waals surface area contributed by atoms with Gasteiger partial charge < -0.3 is 15.6 Å². The summed E-state index contributed by atoms with van der Waals surface area (Å²) in [6.45, 7) is 8.47. The fourth-order valence-corrected chi connectivity index (χ4v) is 3.10. The Morgan fingerprint density at radius 3 is 2.13 bits per heavy atom. The predicted octanol–water partition coefficient (Wildman–Crippen LogP) is 4.00. The molecule has 7 nitrogen and oxygen atoms in total. The molecule has 0 saturated heterocycles. The number of carboxylic acids is 1. The molecule has 8 heteroatoms. The minimum absolute atomic E-state index is 0.124. The van der Waals surface area contributed by atoms with Crippen LogP contribution in [0.5, 0.6) is 0 Å². The van der Waals surface area contributed by atoms with Gasteiger partial charge in [0.1, 0.15) is 6.04 Å². The van der Waals surface area contributed by atoms with Crippen molar-refractivity contribution in [3.8, 4) is 0 Å². The molecule has 3 N–H and O–H groups in total. The number of aliphatic carboxylic acids is 1. The van der Waals surface area contributed by atoms with Crippen LogP contribution in [-0.2, 0) is 14.3 Å². The number of ether oxygens (including phenoxy) is 1. The van der Waals surface area contributed by atoms with Gasteiger partial charge in [-0.3, -0.25) is 14.5 Å². The summed E-state index contributed by atoms with van der Waals surface area (Å²) < 4.78 is 6.38. The smallest absolute Gasteiger partial charge is 0.329 e. The minimum Gasteiger partial charge on any atom is -0.481 e. The molecule has 0 aliphatic carbocycles. The van der Waals surface area contributed by atoms with Crippen LogP contribution in [0.25, 0.3) is 0 Å². The molecule has 2 aromatic rings. The Hall–Kier alpha value is -2.55. The van der Waals surface area contributed by atoms with Gasteiger partial charge in [0.05, 0.1) is 0 Å². The molecule has 0 aliphatic heterocycles. The molecule has 2 rings (SSSR count). The molecule has 0 saturated carbocycles. The second-order valence-corrected chi connectivity index (χ2v) is 7.63. The Bertz CT molecular complexity index is 878. The zero-order valence-corrected chi connectivity index (χ0v) is 19.8. The molecule has 2 unspecified atom stereocenters. The third-order valence-corrected chi connectivity index (χ3v) is 5.01. The van der Waals surface area contributed by atoms with Crippen molar-refractivity contribution >= 4 is 33.7 Å². The number of carbonyl (C=O) groups excluding carboxylic acids is 2. The lowest BCUT2D eigenvalue weighted by Crippen LogP contribution is -2.38. The van der Waals surface area contributed by atoms with Crippen molar-refractivity contribution in [2.24, 2.45) is 5.73 Å². The lowest BCUT2D eigenvalue weighted by atomic mass is 9.99. The highest BCUT2D eigenvalue weighted by molar-refractivity contribution is 9.10. The van der Waals surface area contributed by atoms with Crippen LogP contribution >= 0.6 is 15.9 Å². The van der Waals surface area contributed by atoms with Crippen LogP contribution in [-0.4, -0.2) is 47.0 Å². The fourth-order valence-electron chi connectivity index (χ4n) is 2.83. The van der Waals surface area contributed by atoms with Crippen LogP contribution in [0.15, 0.2) is 53.0 Å². The topological polar surface area (TPSA) is 110 Å². The monoisotopic (exact) mass is 492 g/mol. The number of rotatable bonds is 8. The molecular formula is C23H29BrN2O5. The minimum atomic E-state index is -0.944. The Kier molecular flexibility index (Phi) is 11.1. The van der Waals surface area contributed by atoms with Crippen molar-refractivity contribution in [1.29, 1.82) is 0 Å². The molecule has 2 aromatic carbocycles. The number of carbonyl (C=O) groups is 3. The Morgan fingerprint density at radius 2 is 1.61 bits per heavy atom. The van der Waals surface area contributed by atoms with E-state index in [0.717, 1.165) is 24.5 Å². The van der Waals surface area contributed by atoms with Gasteiger partial charge in [-0.1, -0.05) is 48.0 Å².